The van der Waals surface area contributed by atoms with Crippen molar-refractivity contribution in [2.75, 3.05) is 26.8 Å². The highest BCUT2D eigenvalue weighted by molar-refractivity contribution is 7.89. The van der Waals surface area contributed by atoms with Crippen LogP contribution in [0.3, 0.4) is 0 Å². The number of sulfonamides is 1. The number of benzene rings is 2. The topological polar surface area (TPSA) is 58.6 Å². The molecule has 0 amide bonds. The molecule has 1 N–H and O–H groups in total. The monoisotopic (exact) mass is 408 g/mol. The van der Waals surface area contributed by atoms with E-state index < -0.39 is 15.6 Å². The maximum Gasteiger partial charge on any atom is 0.241 e. The largest absolute Gasteiger partial charge is 0.385 e. The first-order chi connectivity index (χ1) is 12.9. The van der Waals surface area contributed by atoms with Crippen LogP contribution in [0.4, 0.5) is 0 Å². The fourth-order valence-corrected chi connectivity index (χ4v) is 5.12. The van der Waals surface area contributed by atoms with Gasteiger partial charge in [0.2, 0.25) is 10.0 Å². The Balaban J connectivity index is 1.74. The maximum absolute atomic E-state index is 12.9. The van der Waals surface area contributed by atoms with Crippen LogP contribution < -0.4 is 4.72 Å². The van der Waals surface area contributed by atoms with Gasteiger partial charge in [-0.05, 0) is 42.7 Å². The Bertz CT molecular complexity index is 843. The smallest absolute Gasteiger partial charge is 0.241 e. The van der Waals surface area contributed by atoms with Gasteiger partial charge in [-0.2, -0.15) is 0 Å². The van der Waals surface area contributed by atoms with Gasteiger partial charge in [0, 0.05) is 43.9 Å². The molecule has 7 heteroatoms. The fraction of sp³-hybridized carbons (Fsp3) is 0.400. The van der Waals surface area contributed by atoms with Crippen LogP contribution in [-0.4, -0.2) is 45.7 Å². The van der Waals surface area contributed by atoms with Crippen LogP contribution in [0, 0.1) is 0 Å². The normalized spacial score (nSPS) is 20.8. The number of methoxy groups -OCH3 is 1. The van der Waals surface area contributed by atoms with Crippen molar-refractivity contribution in [1.29, 1.82) is 0 Å². The minimum Gasteiger partial charge on any atom is -0.385 e. The van der Waals surface area contributed by atoms with Gasteiger partial charge in [0.1, 0.15) is 0 Å². The molecular weight excluding hydrogens is 384 g/mol. The fourth-order valence-electron chi connectivity index (χ4n) is 3.52. The Morgan fingerprint density at radius 2 is 1.85 bits per heavy atom. The Kier molecular flexibility index (Phi) is 6.55. The third kappa shape index (κ3) is 5.30. The van der Waals surface area contributed by atoms with E-state index in [9.17, 15) is 8.42 Å². The van der Waals surface area contributed by atoms with Crippen molar-refractivity contribution in [2.45, 2.75) is 29.8 Å². The van der Waals surface area contributed by atoms with Crippen molar-refractivity contribution in [3.8, 4) is 0 Å². The lowest BCUT2D eigenvalue weighted by Crippen LogP contribution is -2.50. The lowest BCUT2D eigenvalue weighted by molar-refractivity contribution is 0.161. The Morgan fingerprint density at radius 1 is 1.15 bits per heavy atom. The minimum absolute atomic E-state index is 0.290. The molecule has 0 bridgehead atoms. The molecule has 5 nitrogen and oxygen atoms in total. The highest BCUT2D eigenvalue weighted by atomic mass is 35.5. The van der Waals surface area contributed by atoms with Crippen molar-refractivity contribution >= 4 is 21.6 Å². The third-order valence-corrected chi connectivity index (χ3v) is 6.79. The molecule has 0 aliphatic carbocycles. The van der Waals surface area contributed by atoms with Crippen LogP contribution in [0.2, 0.25) is 5.02 Å². The summed E-state index contributed by atoms with van der Waals surface area (Å²) >= 11 is 5.96. The zero-order valence-corrected chi connectivity index (χ0v) is 17.0. The average Bonchev–Trinajstić information content (AvgIpc) is 3.05. The van der Waals surface area contributed by atoms with E-state index in [1.54, 1.807) is 31.4 Å². The first-order valence-electron chi connectivity index (χ1n) is 8.97. The van der Waals surface area contributed by atoms with E-state index in [-0.39, 0.29) is 4.90 Å². The quantitative estimate of drug-likeness (QED) is 0.728. The van der Waals surface area contributed by atoms with Crippen LogP contribution >= 0.6 is 11.6 Å². The molecule has 1 fully saturated rings. The molecule has 2 aromatic rings. The molecule has 3 rings (SSSR count). The second-order valence-corrected chi connectivity index (χ2v) is 9.15. The summed E-state index contributed by atoms with van der Waals surface area (Å²) in [5.41, 5.74) is 0.629. The van der Waals surface area contributed by atoms with Gasteiger partial charge in [0.25, 0.3) is 0 Å². The van der Waals surface area contributed by atoms with Gasteiger partial charge >= 0.3 is 0 Å². The number of hydrogen-bond donors (Lipinski definition) is 1. The van der Waals surface area contributed by atoms with Gasteiger partial charge in [-0.1, -0.05) is 41.9 Å². The summed E-state index contributed by atoms with van der Waals surface area (Å²) < 4.78 is 34.0. The second-order valence-electron chi connectivity index (χ2n) is 7.03. The average molecular weight is 409 g/mol. The lowest BCUT2D eigenvalue weighted by Gasteiger charge is -2.30. The summed E-state index contributed by atoms with van der Waals surface area (Å²) in [5.74, 6) is 0. The maximum atomic E-state index is 12.9. The predicted molar refractivity (Wildman–Crippen MR) is 107 cm³/mol. The summed E-state index contributed by atoms with van der Waals surface area (Å²) in [7, 11) is -1.95. The van der Waals surface area contributed by atoms with Crippen molar-refractivity contribution in [1.82, 2.24) is 9.62 Å². The minimum atomic E-state index is -3.58. The van der Waals surface area contributed by atoms with Crippen LogP contribution in [0.5, 0.6) is 0 Å². The van der Waals surface area contributed by atoms with Crippen LogP contribution in [0.25, 0.3) is 0 Å². The van der Waals surface area contributed by atoms with E-state index in [1.165, 1.54) is 0 Å². The zero-order valence-electron chi connectivity index (χ0n) is 15.4. The van der Waals surface area contributed by atoms with E-state index in [0.29, 0.717) is 24.6 Å². The molecule has 0 radical (unpaired) electrons. The number of hydrogen-bond acceptors (Lipinski definition) is 4. The highest BCUT2D eigenvalue weighted by Gasteiger charge is 2.41. The number of ether oxygens (including phenoxy) is 1. The second kappa shape index (κ2) is 8.71. The predicted octanol–water partition coefficient (Wildman–Crippen LogP) is 3.30. The molecule has 0 aromatic heterocycles. The number of halogens is 1. The SMILES string of the molecule is COCCC1(NS(=O)(=O)c2ccccc2)CCN(Cc2ccc(Cl)cc2)C1. The summed E-state index contributed by atoms with van der Waals surface area (Å²) in [5, 5.41) is 0.713. The zero-order chi connectivity index (χ0) is 19.3. The Labute approximate surface area is 166 Å². The van der Waals surface area contributed by atoms with Crippen LogP contribution in [0.1, 0.15) is 18.4 Å². The van der Waals surface area contributed by atoms with E-state index in [1.807, 2.05) is 30.3 Å². The van der Waals surface area contributed by atoms with Crippen molar-refractivity contribution in [3.05, 3.63) is 65.2 Å². The van der Waals surface area contributed by atoms with Gasteiger partial charge in [-0.25, -0.2) is 13.1 Å². The molecule has 1 aliphatic rings. The molecular formula is C20H25ClN2O3S. The molecule has 1 saturated heterocycles. The first kappa shape index (κ1) is 20.3. The Morgan fingerprint density at radius 3 is 2.52 bits per heavy atom. The third-order valence-electron chi connectivity index (χ3n) is 4.94. The molecule has 2 aromatic carbocycles. The summed E-state index contributed by atoms with van der Waals surface area (Å²) in [6.07, 6.45) is 1.38. The number of nitrogens with one attached hydrogen (secondary N) is 1. The van der Waals surface area contributed by atoms with Gasteiger partial charge in [-0.3, -0.25) is 4.90 Å². The van der Waals surface area contributed by atoms with E-state index in [0.717, 1.165) is 25.1 Å². The number of nitrogens with zero attached hydrogens (tertiary/aromatic N) is 1. The van der Waals surface area contributed by atoms with E-state index in [4.69, 9.17) is 16.3 Å². The molecule has 0 saturated carbocycles. The molecule has 1 unspecified atom stereocenters. The first-order valence-corrected chi connectivity index (χ1v) is 10.8. The van der Waals surface area contributed by atoms with Crippen LogP contribution in [-0.2, 0) is 21.3 Å². The number of likely N-dealkylation sites (tertiary alicyclic amines) is 1. The molecule has 0 spiro atoms. The van der Waals surface area contributed by atoms with E-state index >= 15 is 0 Å². The molecule has 146 valence electrons. The standard InChI is InChI=1S/C20H25ClN2O3S/c1-26-14-12-20(22-27(24,25)19-5-3-2-4-6-19)11-13-23(16-20)15-17-7-9-18(21)10-8-17/h2-10,22H,11-16H2,1H3. The Hall–Kier alpha value is -1.44. The van der Waals surface area contributed by atoms with Crippen molar-refractivity contribution in [2.24, 2.45) is 0 Å². The molecule has 1 aliphatic heterocycles. The van der Waals surface area contributed by atoms with Gasteiger partial charge in [0.05, 0.1) is 4.90 Å². The lowest BCUT2D eigenvalue weighted by atomic mass is 9.96. The van der Waals surface area contributed by atoms with Crippen LogP contribution in [0.15, 0.2) is 59.5 Å². The molecule has 27 heavy (non-hydrogen) atoms. The summed E-state index contributed by atoms with van der Waals surface area (Å²) in [4.78, 5) is 2.56. The van der Waals surface area contributed by atoms with Gasteiger partial charge in [0.15, 0.2) is 0 Å². The summed E-state index contributed by atoms with van der Waals surface area (Å²) in [6, 6.07) is 16.3. The van der Waals surface area contributed by atoms with Crippen molar-refractivity contribution < 1.29 is 13.2 Å². The summed E-state index contributed by atoms with van der Waals surface area (Å²) in [6.45, 7) is 2.74. The molecule has 1 heterocycles. The number of rotatable bonds is 8. The van der Waals surface area contributed by atoms with E-state index in [2.05, 4.69) is 9.62 Å². The van der Waals surface area contributed by atoms with Gasteiger partial charge in [-0.15, -0.1) is 0 Å². The van der Waals surface area contributed by atoms with Crippen molar-refractivity contribution in [3.63, 3.8) is 0 Å². The highest BCUT2D eigenvalue weighted by Crippen LogP contribution is 2.29. The van der Waals surface area contributed by atoms with Gasteiger partial charge < -0.3 is 4.74 Å². The molecule has 1 atom stereocenters.